The first-order chi connectivity index (χ1) is 17.3. The van der Waals surface area contributed by atoms with Gasteiger partial charge in [-0.15, -0.1) is 0 Å². The van der Waals surface area contributed by atoms with Crippen LogP contribution in [0.4, 0.5) is 13.2 Å². The van der Waals surface area contributed by atoms with Gasteiger partial charge in [-0.3, -0.25) is 4.79 Å². The molecular formula is C28H37F3O5S. The van der Waals surface area contributed by atoms with Crippen molar-refractivity contribution in [3.63, 3.8) is 0 Å². The van der Waals surface area contributed by atoms with Crippen molar-refractivity contribution in [1.82, 2.24) is 0 Å². The van der Waals surface area contributed by atoms with Gasteiger partial charge in [0.1, 0.15) is 23.7 Å². The van der Waals surface area contributed by atoms with Crippen molar-refractivity contribution in [2.24, 2.45) is 0 Å². The molecule has 2 aromatic carbocycles. The molecule has 0 saturated heterocycles. The zero-order valence-electron chi connectivity index (χ0n) is 22.6. The van der Waals surface area contributed by atoms with Crippen molar-refractivity contribution < 1.29 is 35.8 Å². The van der Waals surface area contributed by atoms with Gasteiger partial charge in [-0.1, -0.05) is 52.0 Å². The summed E-state index contributed by atoms with van der Waals surface area (Å²) in [4.78, 5) is 11.6. The molecule has 37 heavy (non-hydrogen) atoms. The Morgan fingerprint density at radius 2 is 1.32 bits per heavy atom. The van der Waals surface area contributed by atoms with Gasteiger partial charge in [-0.25, -0.2) is 4.21 Å². The summed E-state index contributed by atoms with van der Waals surface area (Å²) >= 11 is -3.43. The first-order valence-corrected chi connectivity index (χ1v) is 13.6. The minimum atomic E-state index is -4.95. The molecule has 0 bridgehead atoms. The third-order valence-electron chi connectivity index (χ3n) is 7.16. The van der Waals surface area contributed by atoms with E-state index in [1.165, 1.54) is 13.0 Å². The Balaban J connectivity index is 2.38. The molecule has 2 rings (SSSR count). The van der Waals surface area contributed by atoms with Gasteiger partial charge in [0, 0.05) is 12.3 Å². The summed E-state index contributed by atoms with van der Waals surface area (Å²) in [5.41, 5.74) is -2.67. The molecule has 0 aliphatic carbocycles. The van der Waals surface area contributed by atoms with E-state index in [2.05, 4.69) is 24.1 Å². The zero-order chi connectivity index (χ0) is 28.0. The van der Waals surface area contributed by atoms with Crippen LogP contribution in [0.2, 0.25) is 0 Å². The van der Waals surface area contributed by atoms with Crippen LogP contribution in [0.15, 0.2) is 36.4 Å². The highest BCUT2D eigenvalue weighted by Gasteiger charge is 2.40. The van der Waals surface area contributed by atoms with E-state index < -0.39 is 27.6 Å². The number of hydrogen-bond acceptors (Lipinski definition) is 5. The number of hydrogen-bond donors (Lipinski definition) is 0. The minimum Gasteiger partial charge on any atom is -0.489 e. The predicted octanol–water partition coefficient (Wildman–Crippen LogP) is 7.47. The standard InChI is InChI=1S/C28H37F3O5S/c1-8-26(9-2,35-21(7)32)18-34-24-14-12-22(16-19(24)5)27(10-3,11-4)23-13-15-25(20(6)17-23)36-37(33)28(29,30)31/h12-17H,8-11,18H2,1-7H3. The second-order valence-corrected chi connectivity index (χ2v) is 10.4. The van der Waals surface area contributed by atoms with Gasteiger partial charge in [0.2, 0.25) is 0 Å². The van der Waals surface area contributed by atoms with Gasteiger partial charge in [-0.2, -0.15) is 13.2 Å². The second kappa shape index (κ2) is 12.3. The van der Waals surface area contributed by atoms with Crippen molar-refractivity contribution in [2.75, 3.05) is 6.61 Å². The average molecular weight is 543 g/mol. The second-order valence-electron chi connectivity index (χ2n) is 9.29. The SMILES string of the molecule is CCC(CC)(COc1ccc(C(CC)(CC)c2ccc(OS(=O)C(F)(F)F)c(C)c2)cc1C)OC(C)=O. The number of rotatable bonds is 12. The lowest BCUT2D eigenvalue weighted by Gasteiger charge is -2.34. The van der Waals surface area contributed by atoms with Crippen LogP contribution in [-0.4, -0.2) is 27.9 Å². The molecule has 0 fully saturated rings. The van der Waals surface area contributed by atoms with Gasteiger partial charge < -0.3 is 13.7 Å². The fourth-order valence-corrected chi connectivity index (χ4v) is 5.10. The minimum absolute atomic E-state index is 0.0662. The maximum atomic E-state index is 12.7. The molecule has 0 radical (unpaired) electrons. The quantitative estimate of drug-likeness (QED) is 0.260. The summed E-state index contributed by atoms with van der Waals surface area (Å²) in [6, 6.07) is 10.9. The zero-order valence-corrected chi connectivity index (χ0v) is 23.4. The van der Waals surface area contributed by atoms with Crippen molar-refractivity contribution >= 4 is 17.0 Å². The van der Waals surface area contributed by atoms with Crippen LogP contribution in [0, 0.1) is 13.8 Å². The Morgan fingerprint density at radius 3 is 1.70 bits per heavy atom. The summed E-state index contributed by atoms with van der Waals surface area (Å²) in [5.74, 6) is 0.285. The molecule has 2 aromatic rings. The van der Waals surface area contributed by atoms with Gasteiger partial charge in [0.05, 0.1) is 0 Å². The molecule has 0 spiro atoms. The van der Waals surface area contributed by atoms with Crippen molar-refractivity contribution in [3.8, 4) is 11.5 Å². The summed E-state index contributed by atoms with van der Waals surface area (Å²) in [7, 11) is 0. The highest BCUT2D eigenvalue weighted by molar-refractivity contribution is 7.81. The predicted molar refractivity (Wildman–Crippen MR) is 139 cm³/mol. The number of benzene rings is 2. The van der Waals surface area contributed by atoms with Crippen LogP contribution >= 0.6 is 0 Å². The van der Waals surface area contributed by atoms with Crippen LogP contribution in [0.3, 0.4) is 0 Å². The van der Waals surface area contributed by atoms with Gasteiger partial charge in [-0.05, 0) is 73.9 Å². The fraction of sp³-hybridized carbons (Fsp3) is 0.536. The molecule has 1 unspecified atom stereocenters. The summed E-state index contributed by atoms with van der Waals surface area (Å²) in [5, 5.41) is 0. The Labute approximate surface area is 220 Å². The van der Waals surface area contributed by atoms with E-state index in [0.29, 0.717) is 24.2 Å². The largest absolute Gasteiger partial charge is 0.508 e. The first-order valence-electron chi connectivity index (χ1n) is 12.5. The number of aryl methyl sites for hydroxylation is 2. The maximum absolute atomic E-state index is 12.7. The van der Waals surface area contributed by atoms with E-state index in [1.54, 1.807) is 19.1 Å². The molecule has 1 atom stereocenters. The number of carbonyl (C=O) groups excluding carboxylic acids is 1. The maximum Gasteiger partial charge on any atom is 0.508 e. The summed E-state index contributed by atoms with van der Waals surface area (Å²) in [6.45, 7) is 13.3. The van der Waals surface area contributed by atoms with Crippen LogP contribution in [0.1, 0.15) is 82.6 Å². The molecule has 0 saturated carbocycles. The number of ether oxygens (including phenoxy) is 2. The lowest BCUT2D eigenvalue weighted by Crippen LogP contribution is -2.39. The van der Waals surface area contributed by atoms with E-state index in [1.807, 2.05) is 32.9 Å². The number of alkyl halides is 3. The highest BCUT2D eigenvalue weighted by Crippen LogP contribution is 2.42. The van der Waals surface area contributed by atoms with Crippen molar-refractivity contribution in [1.29, 1.82) is 0 Å². The molecule has 0 heterocycles. The van der Waals surface area contributed by atoms with Gasteiger partial charge >= 0.3 is 22.6 Å². The topological polar surface area (TPSA) is 61.8 Å². The normalized spacial score (nSPS) is 13.2. The van der Waals surface area contributed by atoms with E-state index in [0.717, 1.165) is 29.5 Å². The molecule has 0 aliphatic heterocycles. The Bertz CT molecular complexity index is 1110. The fourth-order valence-electron chi connectivity index (χ4n) is 4.65. The molecule has 206 valence electrons. The van der Waals surface area contributed by atoms with E-state index in [-0.39, 0.29) is 18.3 Å². The molecule has 0 N–H and O–H groups in total. The summed E-state index contributed by atoms with van der Waals surface area (Å²) < 4.78 is 65.9. The van der Waals surface area contributed by atoms with Gasteiger partial charge in [0.25, 0.3) is 0 Å². The monoisotopic (exact) mass is 542 g/mol. The van der Waals surface area contributed by atoms with Crippen LogP contribution < -0.4 is 8.92 Å². The third kappa shape index (κ3) is 7.06. The lowest BCUT2D eigenvalue weighted by atomic mass is 9.70. The molecule has 0 aromatic heterocycles. The Morgan fingerprint density at radius 1 is 0.838 bits per heavy atom. The van der Waals surface area contributed by atoms with Crippen LogP contribution in [-0.2, 0) is 26.0 Å². The number of carbonyl (C=O) groups is 1. The van der Waals surface area contributed by atoms with E-state index >= 15 is 0 Å². The molecular weight excluding hydrogens is 505 g/mol. The Hall–Kier alpha value is -2.55. The van der Waals surface area contributed by atoms with Crippen LogP contribution in [0.5, 0.6) is 11.5 Å². The molecule has 5 nitrogen and oxygen atoms in total. The highest BCUT2D eigenvalue weighted by atomic mass is 32.2. The Kier molecular flexibility index (Phi) is 10.2. The van der Waals surface area contributed by atoms with Crippen molar-refractivity contribution in [3.05, 3.63) is 58.7 Å². The number of halogens is 3. The molecule has 9 heteroatoms. The molecule has 0 aliphatic rings. The summed E-state index contributed by atoms with van der Waals surface area (Å²) in [6.07, 6.45) is 2.76. The third-order valence-corrected chi connectivity index (χ3v) is 7.87. The number of esters is 1. The lowest BCUT2D eigenvalue weighted by molar-refractivity contribution is -0.161. The average Bonchev–Trinajstić information content (AvgIpc) is 2.84. The van der Waals surface area contributed by atoms with E-state index in [9.17, 15) is 22.2 Å². The van der Waals surface area contributed by atoms with Crippen LogP contribution in [0.25, 0.3) is 0 Å². The first kappa shape index (κ1) is 30.7. The molecule has 0 amide bonds. The van der Waals surface area contributed by atoms with E-state index in [4.69, 9.17) is 9.47 Å². The van der Waals surface area contributed by atoms with Crippen molar-refractivity contribution in [2.45, 2.75) is 90.7 Å². The van der Waals surface area contributed by atoms with Gasteiger partial charge in [0.15, 0.2) is 0 Å². The smallest absolute Gasteiger partial charge is 0.489 e.